The summed E-state index contributed by atoms with van der Waals surface area (Å²) in [5.41, 5.74) is 4.05. The summed E-state index contributed by atoms with van der Waals surface area (Å²) >= 11 is 0. The van der Waals surface area contributed by atoms with E-state index in [-0.39, 0.29) is 5.91 Å². The van der Waals surface area contributed by atoms with Crippen LogP contribution in [0.1, 0.15) is 15.9 Å². The Hall–Kier alpha value is -3.14. The summed E-state index contributed by atoms with van der Waals surface area (Å²) in [6.07, 6.45) is 1.60. The van der Waals surface area contributed by atoms with E-state index in [1.807, 2.05) is 60.7 Å². The van der Waals surface area contributed by atoms with Crippen molar-refractivity contribution in [1.82, 2.24) is 5.43 Å². The summed E-state index contributed by atoms with van der Waals surface area (Å²) < 4.78 is 5.10. The molecule has 0 aromatic heterocycles. The minimum atomic E-state index is -0.230. The van der Waals surface area contributed by atoms with Crippen molar-refractivity contribution >= 4 is 22.9 Å². The minimum absolute atomic E-state index is 0.230. The largest absolute Gasteiger partial charge is 0.497 e. The Kier molecular flexibility index (Phi) is 4.34. The lowest BCUT2D eigenvalue weighted by molar-refractivity contribution is 0.0957. The number of benzene rings is 3. The van der Waals surface area contributed by atoms with E-state index in [9.17, 15) is 4.79 Å². The van der Waals surface area contributed by atoms with Gasteiger partial charge in [0.25, 0.3) is 5.91 Å². The van der Waals surface area contributed by atoms with E-state index in [1.54, 1.807) is 19.4 Å². The Morgan fingerprint density at radius 2 is 1.74 bits per heavy atom. The number of carbonyl (C=O) groups is 1. The number of nitrogens with one attached hydrogen (secondary N) is 1. The van der Waals surface area contributed by atoms with Gasteiger partial charge in [-0.2, -0.15) is 5.10 Å². The maximum absolute atomic E-state index is 12.3. The fourth-order valence-electron chi connectivity index (χ4n) is 2.34. The van der Waals surface area contributed by atoms with Crippen molar-refractivity contribution in [3.05, 3.63) is 77.9 Å². The van der Waals surface area contributed by atoms with Crippen LogP contribution in [0.3, 0.4) is 0 Å². The Balaban J connectivity index is 1.74. The monoisotopic (exact) mass is 304 g/mol. The molecule has 0 atom stereocenters. The molecule has 0 saturated carbocycles. The van der Waals surface area contributed by atoms with Crippen molar-refractivity contribution in [3.63, 3.8) is 0 Å². The van der Waals surface area contributed by atoms with Crippen LogP contribution in [0.25, 0.3) is 10.8 Å². The lowest BCUT2D eigenvalue weighted by Gasteiger charge is -2.04. The van der Waals surface area contributed by atoms with Crippen LogP contribution in [-0.2, 0) is 0 Å². The molecule has 114 valence electrons. The maximum Gasteiger partial charge on any atom is 0.271 e. The van der Waals surface area contributed by atoms with Gasteiger partial charge in [-0.1, -0.05) is 36.4 Å². The van der Waals surface area contributed by atoms with Crippen molar-refractivity contribution in [3.8, 4) is 5.75 Å². The van der Waals surface area contributed by atoms with E-state index in [2.05, 4.69) is 10.5 Å². The number of ether oxygens (including phenoxy) is 1. The zero-order valence-corrected chi connectivity index (χ0v) is 12.7. The maximum atomic E-state index is 12.3. The molecular weight excluding hydrogens is 288 g/mol. The van der Waals surface area contributed by atoms with Gasteiger partial charge in [0, 0.05) is 5.56 Å². The number of amides is 1. The third kappa shape index (κ3) is 3.37. The number of carbonyl (C=O) groups excluding carboxylic acids is 1. The number of fused-ring (bicyclic) bond motifs is 1. The molecule has 3 rings (SSSR count). The Bertz CT molecular complexity index is 849. The van der Waals surface area contributed by atoms with Crippen LogP contribution < -0.4 is 10.2 Å². The topological polar surface area (TPSA) is 50.7 Å². The van der Waals surface area contributed by atoms with Crippen LogP contribution >= 0.6 is 0 Å². The van der Waals surface area contributed by atoms with Gasteiger partial charge in [0.05, 0.1) is 13.3 Å². The van der Waals surface area contributed by atoms with Crippen LogP contribution in [0.5, 0.6) is 5.75 Å². The molecule has 0 saturated heterocycles. The van der Waals surface area contributed by atoms with Gasteiger partial charge in [-0.05, 0) is 46.7 Å². The first-order valence-corrected chi connectivity index (χ1v) is 7.23. The molecule has 0 aliphatic rings. The van der Waals surface area contributed by atoms with Crippen LogP contribution in [0.15, 0.2) is 71.8 Å². The molecule has 0 bridgehead atoms. The second-order valence-corrected chi connectivity index (χ2v) is 5.00. The smallest absolute Gasteiger partial charge is 0.271 e. The molecule has 0 spiro atoms. The van der Waals surface area contributed by atoms with Gasteiger partial charge in [0.15, 0.2) is 0 Å². The standard InChI is InChI=1S/C19H16N2O2/c1-23-16-11-9-14(10-12-16)13-20-21-19(22)18-8-4-6-15-5-2-3-7-17(15)18/h2-13H,1H3,(H,21,22)/b20-13-. The average molecular weight is 304 g/mol. The molecule has 0 fully saturated rings. The molecule has 0 aliphatic heterocycles. The zero-order valence-electron chi connectivity index (χ0n) is 12.7. The Morgan fingerprint density at radius 1 is 1.00 bits per heavy atom. The van der Waals surface area contributed by atoms with E-state index >= 15 is 0 Å². The number of nitrogens with zero attached hydrogens (tertiary/aromatic N) is 1. The summed E-state index contributed by atoms with van der Waals surface area (Å²) in [6.45, 7) is 0. The summed E-state index contributed by atoms with van der Waals surface area (Å²) in [6, 6.07) is 20.8. The number of rotatable bonds is 4. The van der Waals surface area contributed by atoms with Crippen molar-refractivity contribution in [2.75, 3.05) is 7.11 Å². The van der Waals surface area contributed by atoms with E-state index in [1.165, 1.54) is 0 Å². The van der Waals surface area contributed by atoms with Crippen LogP contribution in [0.2, 0.25) is 0 Å². The summed E-state index contributed by atoms with van der Waals surface area (Å²) in [5, 5.41) is 5.95. The summed E-state index contributed by atoms with van der Waals surface area (Å²) in [5.74, 6) is 0.550. The van der Waals surface area contributed by atoms with E-state index in [0.717, 1.165) is 22.1 Å². The predicted octanol–water partition coefficient (Wildman–Crippen LogP) is 3.61. The first-order valence-electron chi connectivity index (χ1n) is 7.23. The molecule has 0 unspecified atom stereocenters. The van der Waals surface area contributed by atoms with Gasteiger partial charge in [0.2, 0.25) is 0 Å². The molecule has 4 nitrogen and oxygen atoms in total. The lowest BCUT2D eigenvalue weighted by Crippen LogP contribution is -2.17. The first kappa shape index (κ1) is 14.8. The molecule has 3 aromatic rings. The van der Waals surface area contributed by atoms with E-state index < -0.39 is 0 Å². The highest BCUT2D eigenvalue weighted by Crippen LogP contribution is 2.18. The molecule has 0 radical (unpaired) electrons. The van der Waals surface area contributed by atoms with E-state index in [0.29, 0.717) is 5.56 Å². The lowest BCUT2D eigenvalue weighted by atomic mass is 10.0. The Morgan fingerprint density at radius 3 is 2.52 bits per heavy atom. The molecular formula is C19H16N2O2. The molecule has 0 heterocycles. The van der Waals surface area contributed by atoms with Gasteiger partial charge >= 0.3 is 0 Å². The normalized spacial score (nSPS) is 10.8. The highest BCUT2D eigenvalue weighted by molar-refractivity contribution is 6.07. The average Bonchev–Trinajstić information content (AvgIpc) is 2.61. The fraction of sp³-hybridized carbons (Fsp3) is 0.0526. The molecule has 1 amide bonds. The van der Waals surface area contributed by atoms with Crippen molar-refractivity contribution < 1.29 is 9.53 Å². The quantitative estimate of drug-likeness (QED) is 0.591. The number of hydrogen-bond donors (Lipinski definition) is 1. The predicted molar refractivity (Wildman–Crippen MR) is 92.0 cm³/mol. The number of hydrogen-bond acceptors (Lipinski definition) is 3. The highest BCUT2D eigenvalue weighted by Gasteiger charge is 2.08. The Labute approximate surface area is 134 Å². The number of methoxy groups -OCH3 is 1. The van der Waals surface area contributed by atoms with Gasteiger partial charge in [0.1, 0.15) is 5.75 Å². The second kappa shape index (κ2) is 6.75. The van der Waals surface area contributed by atoms with Crippen LogP contribution in [0, 0.1) is 0 Å². The third-order valence-electron chi connectivity index (χ3n) is 3.53. The first-order chi connectivity index (χ1) is 11.3. The van der Waals surface area contributed by atoms with Gasteiger partial charge in [-0.25, -0.2) is 5.43 Å². The van der Waals surface area contributed by atoms with Crippen molar-refractivity contribution in [2.45, 2.75) is 0 Å². The van der Waals surface area contributed by atoms with Crippen molar-refractivity contribution in [2.24, 2.45) is 5.10 Å². The highest BCUT2D eigenvalue weighted by atomic mass is 16.5. The molecule has 0 aliphatic carbocycles. The summed E-state index contributed by atoms with van der Waals surface area (Å²) in [4.78, 5) is 12.3. The van der Waals surface area contributed by atoms with Gasteiger partial charge in [-0.15, -0.1) is 0 Å². The van der Waals surface area contributed by atoms with Gasteiger partial charge in [-0.3, -0.25) is 4.79 Å². The molecule has 4 heteroatoms. The minimum Gasteiger partial charge on any atom is -0.497 e. The molecule has 23 heavy (non-hydrogen) atoms. The SMILES string of the molecule is COc1ccc(/C=N\NC(=O)c2cccc3ccccc23)cc1. The molecule has 1 N–H and O–H groups in total. The van der Waals surface area contributed by atoms with Crippen LogP contribution in [-0.4, -0.2) is 19.2 Å². The fourth-order valence-corrected chi connectivity index (χ4v) is 2.34. The number of hydrazone groups is 1. The van der Waals surface area contributed by atoms with Crippen LogP contribution in [0.4, 0.5) is 0 Å². The van der Waals surface area contributed by atoms with E-state index in [4.69, 9.17) is 4.74 Å². The van der Waals surface area contributed by atoms with Crippen molar-refractivity contribution in [1.29, 1.82) is 0 Å². The van der Waals surface area contributed by atoms with Gasteiger partial charge < -0.3 is 4.74 Å². The summed E-state index contributed by atoms with van der Waals surface area (Å²) in [7, 11) is 1.62. The molecule has 3 aromatic carbocycles. The zero-order chi connectivity index (χ0) is 16.1. The second-order valence-electron chi connectivity index (χ2n) is 5.00. The third-order valence-corrected chi connectivity index (χ3v) is 3.53.